The molecule has 180 valence electrons. The first-order chi connectivity index (χ1) is 18.1. The van der Waals surface area contributed by atoms with Crippen LogP contribution in [0.1, 0.15) is 28.1 Å². The minimum absolute atomic E-state index is 0.155. The lowest BCUT2D eigenvalue weighted by Gasteiger charge is -2.20. The van der Waals surface area contributed by atoms with Crippen LogP contribution in [0.15, 0.2) is 91.0 Å². The number of rotatable bonds is 5. The first-order valence-electron chi connectivity index (χ1n) is 12.3. The van der Waals surface area contributed by atoms with E-state index in [1.165, 1.54) is 6.07 Å². The van der Waals surface area contributed by atoms with Gasteiger partial charge in [-0.2, -0.15) is 0 Å². The second-order valence-corrected chi connectivity index (χ2v) is 9.20. The minimum atomic E-state index is -0.253. The molecule has 0 unspecified atom stereocenters. The molecule has 0 spiro atoms. The van der Waals surface area contributed by atoms with Crippen molar-refractivity contribution in [3.63, 3.8) is 0 Å². The SMILES string of the molecule is O=C(Cc1ccc2ccccc2c1)Nc1nc2c(nc1C=Cc1ccccc1)-c1ccc(F)cc1CC2. The van der Waals surface area contributed by atoms with E-state index in [0.29, 0.717) is 24.4 Å². The highest BCUT2D eigenvalue weighted by molar-refractivity contribution is 5.94. The van der Waals surface area contributed by atoms with Gasteiger partial charge in [0.15, 0.2) is 5.82 Å². The Balaban J connectivity index is 1.34. The highest BCUT2D eigenvalue weighted by atomic mass is 19.1. The molecule has 0 saturated heterocycles. The standard InChI is InChI=1S/C32H24FN3O/c33-26-14-15-27-25(20-26)13-17-28-31(27)34-29(16-11-21-6-2-1-3-7-21)32(35-28)36-30(37)19-22-10-12-23-8-4-5-9-24(23)18-22/h1-12,14-16,18,20H,13,17,19H2,(H,35,36,37). The van der Waals surface area contributed by atoms with Crippen LogP contribution in [0.5, 0.6) is 0 Å². The van der Waals surface area contributed by atoms with Crippen molar-refractivity contribution in [2.75, 3.05) is 5.32 Å². The van der Waals surface area contributed by atoms with E-state index in [0.717, 1.165) is 44.4 Å². The van der Waals surface area contributed by atoms with Crippen molar-refractivity contribution in [3.05, 3.63) is 125 Å². The third-order valence-electron chi connectivity index (χ3n) is 6.62. The zero-order valence-corrected chi connectivity index (χ0v) is 20.1. The van der Waals surface area contributed by atoms with Crippen LogP contribution >= 0.6 is 0 Å². The summed E-state index contributed by atoms with van der Waals surface area (Å²) in [6, 6.07) is 28.8. The number of hydrogen-bond donors (Lipinski definition) is 1. The number of nitrogens with zero attached hydrogens (tertiary/aromatic N) is 2. The third kappa shape index (κ3) is 4.89. The van der Waals surface area contributed by atoms with E-state index in [4.69, 9.17) is 9.97 Å². The Bertz CT molecular complexity index is 1660. The lowest BCUT2D eigenvalue weighted by atomic mass is 9.91. The molecular formula is C32H24FN3O. The Morgan fingerprint density at radius 1 is 0.838 bits per heavy atom. The Morgan fingerprint density at radius 2 is 1.65 bits per heavy atom. The quantitative estimate of drug-likeness (QED) is 0.295. The van der Waals surface area contributed by atoms with Gasteiger partial charge in [-0.1, -0.05) is 78.9 Å². The van der Waals surface area contributed by atoms with Crippen molar-refractivity contribution in [1.29, 1.82) is 0 Å². The number of hydrogen-bond acceptors (Lipinski definition) is 3. The second kappa shape index (κ2) is 9.78. The van der Waals surface area contributed by atoms with E-state index in [1.807, 2.05) is 78.9 Å². The second-order valence-electron chi connectivity index (χ2n) is 9.20. The molecule has 1 amide bonds. The lowest BCUT2D eigenvalue weighted by Crippen LogP contribution is -2.19. The molecule has 5 heteroatoms. The summed E-state index contributed by atoms with van der Waals surface area (Å²) in [6.45, 7) is 0. The molecule has 0 fully saturated rings. The van der Waals surface area contributed by atoms with Crippen molar-refractivity contribution in [2.24, 2.45) is 0 Å². The molecule has 0 radical (unpaired) electrons. The molecule has 1 aromatic heterocycles. The number of aryl methyl sites for hydroxylation is 2. The van der Waals surface area contributed by atoms with E-state index in [2.05, 4.69) is 11.4 Å². The van der Waals surface area contributed by atoms with E-state index in [1.54, 1.807) is 12.1 Å². The number of anilines is 1. The number of carbonyl (C=O) groups is 1. The van der Waals surface area contributed by atoms with Crippen molar-refractivity contribution in [3.8, 4) is 11.3 Å². The van der Waals surface area contributed by atoms with Crippen molar-refractivity contribution in [1.82, 2.24) is 9.97 Å². The molecule has 5 aromatic rings. The summed E-state index contributed by atoms with van der Waals surface area (Å²) in [4.78, 5) is 22.9. The van der Waals surface area contributed by atoms with Gasteiger partial charge in [0.25, 0.3) is 0 Å². The van der Waals surface area contributed by atoms with Crippen molar-refractivity contribution >= 4 is 34.6 Å². The third-order valence-corrected chi connectivity index (χ3v) is 6.62. The number of benzene rings is 4. The van der Waals surface area contributed by atoms with Gasteiger partial charge in [0.2, 0.25) is 5.91 Å². The predicted octanol–water partition coefficient (Wildman–Crippen LogP) is 6.89. The summed E-state index contributed by atoms with van der Waals surface area (Å²) in [5.41, 5.74) is 5.86. The molecule has 0 bridgehead atoms. The maximum Gasteiger partial charge on any atom is 0.230 e. The molecule has 1 heterocycles. The average molecular weight is 486 g/mol. The van der Waals surface area contributed by atoms with Gasteiger partial charge in [0.05, 0.1) is 17.8 Å². The number of nitrogens with one attached hydrogen (secondary N) is 1. The number of amides is 1. The Morgan fingerprint density at radius 3 is 2.51 bits per heavy atom. The van der Waals surface area contributed by atoms with Crippen molar-refractivity contribution in [2.45, 2.75) is 19.3 Å². The molecule has 1 aliphatic rings. The van der Waals surface area contributed by atoms with Gasteiger partial charge in [-0.25, -0.2) is 14.4 Å². The average Bonchev–Trinajstić information content (AvgIpc) is 2.92. The summed E-state index contributed by atoms with van der Waals surface area (Å²) in [7, 11) is 0. The summed E-state index contributed by atoms with van der Waals surface area (Å²) in [5, 5.41) is 5.24. The van der Waals surface area contributed by atoms with Crippen LogP contribution in [-0.4, -0.2) is 15.9 Å². The maximum absolute atomic E-state index is 13.8. The fourth-order valence-corrected chi connectivity index (χ4v) is 4.78. The van der Waals surface area contributed by atoms with Gasteiger partial charge in [-0.05, 0) is 64.6 Å². The fraction of sp³-hybridized carbons (Fsp3) is 0.0938. The molecule has 0 aliphatic heterocycles. The minimum Gasteiger partial charge on any atom is -0.309 e. The van der Waals surface area contributed by atoms with Crippen LogP contribution < -0.4 is 5.32 Å². The fourth-order valence-electron chi connectivity index (χ4n) is 4.78. The topological polar surface area (TPSA) is 54.9 Å². The van der Waals surface area contributed by atoms with Crippen LogP contribution in [0.3, 0.4) is 0 Å². The first-order valence-corrected chi connectivity index (χ1v) is 12.3. The molecule has 1 N–H and O–H groups in total. The van der Waals surface area contributed by atoms with Crippen molar-refractivity contribution < 1.29 is 9.18 Å². The molecule has 0 saturated carbocycles. The zero-order valence-electron chi connectivity index (χ0n) is 20.1. The van der Waals surface area contributed by atoms with Gasteiger partial charge < -0.3 is 5.32 Å². The Kier molecular flexibility index (Phi) is 6.03. The van der Waals surface area contributed by atoms with Crippen LogP contribution in [0.25, 0.3) is 34.2 Å². The molecule has 4 aromatic carbocycles. The van der Waals surface area contributed by atoms with E-state index >= 15 is 0 Å². The highest BCUT2D eigenvalue weighted by Crippen LogP contribution is 2.33. The van der Waals surface area contributed by atoms with E-state index in [9.17, 15) is 9.18 Å². The highest BCUT2D eigenvalue weighted by Gasteiger charge is 2.22. The normalized spacial score (nSPS) is 12.4. The van der Waals surface area contributed by atoms with Gasteiger partial charge >= 0.3 is 0 Å². The largest absolute Gasteiger partial charge is 0.309 e. The van der Waals surface area contributed by atoms with E-state index < -0.39 is 0 Å². The maximum atomic E-state index is 13.8. The van der Waals surface area contributed by atoms with Gasteiger partial charge in [-0.15, -0.1) is 0 Å². The Hall–Kier alpha value is -4.64. The number of aromatic nitrogens is 2. The number of halogens is 1. The van der Waals surface area contributed by atoms with Crippen LogP contribution in [0.4, 0.5) is 10.2 Å². The molecule has 0 atom stereocenters. The van der Waals surface area contributed by atoms with Crippen LogP contribution in [0, 0.1) is 5.82 Å². The van der Waals surface area contributed by atoms with Gasteiger partial charge in [0, 0.05) is 5.56 Å². The van der Waals surface area contributed by atoms with Gasteiger partial charge in [-0.3, -0.25) is 4.79 Å². The van der Waals surface area contributed by atoms with Gasteiger partial charge in [0.1, 0.15) is 11.5 Å². The number of fused-ring (bicyclic) bond motifs is 4. The molecule has 6 rings (SSSR count). The molecule has 1 aliphatic carbocycles. The van der Waals surface area contributed by atoms with Crippen LogP contribution in [0.2, 0.25) is 0 Å². The number of carbonyl (C=O) groups excluding carboxylic acids is 1. The zero-order chi connectivity index (χ0) is 25.2. The van der Waals surface area contributed by atoms with E-state index in [-0.39, 0.29) is 18.1 Å². The first kappa shape index (κ1) is 22.8. The smallest absolute Gasteiger partial charge is 0.230 e. The summed E-state index contributed by atoms with van der Waals surface area (Å²) >= 11 is 0. The summed E-state index contributed by atoms with van der Waals surface area (Å²) < 4.78 is 13.8. The lowest BCUT2D eigenvalue weighted by molar-refractivity contribution is -0.115. The predicted molar refractivity (Wildman–Crippen MR) is 146 cm³/mol. The monoisotopic (exact) mass is 485 g/mol. The summed E-state index contributed by atoms with van der Waals surface area (Å²) in [6.07, 6.45) is 5.36. The summed E-state index contributed by atoms with van der Waals surface area (Å²) in [5.74, 6) is 0.0244. The van der Waals surface area contributed by atoms with Crippen LogP contribution in [-0.2, 0) is 24.1 Å². The Labute approximate surface area is 214 Å². The molecule has 37 heavy (non-hydrogen) atoms. The molecule has 4 nitrogen and oxygen atoms in total. The molecular weight excluding hydrogens is 461 g/mol.